The van der Waals surface area contributed by atoms with Crippen molar-refractivity contribution in [3.05, 3.63) is 37.0 Å². The molecule has 0 saturated heterocycles. The summed E-state index contributed by atoms with van der Waals surface area (Å²) in [4.78, 5) is 21.1. The van der Waals surface area contributed by atoms with Crippen molar-refractivity contribution >= 4 is 11.9 Å². The zero-order valence-corrected chi connectivity index (χ0v) is 6.82. The molecule has 0 spiro atoms. The molecule has 0 aromatic heterocycles. The van der Waals surface area contributed by atoms with Crippen molar-refractivity contribution in [2.75, 3.05) is 0 Å². The Morgan fingerprint density at radius 3 is 2.42 bits per heavy atom. The van der Waals surface area contributed by atoms with Crippen molar-refractivity contribution in [3.8, 4) is 0 Å². The minimum Gasteiger partial charge on any atom is -0.387 e. The zero-order valence-electron chi connectivity index (χ0n) is 6.82. The number of allylic oxidation sites excluding steroid dienone is 3. The number of hydrogen-bond acceptors (Lipinski definition) is 3. The molecule has 0 aromatic rings. The van der Waals surface area contributed by atoms with E-state index in [1.807, 2.05) is 6.92 Å². The Morgan fingerprint density at radius 2 is 1.92 bits per heavy atom. The molecule has 0 aliphatic rings. The summed E-state index contributed by atoms with van der Waals surface area (Å²) >= 11 is 0. The van der Waals surface area contributed by atoms with Crippen LogP contribution in [0.15, 0.2) is 37.0 Å². The van der Waals surface area contributed by atoms with Gasteiger partial charge in [-0.3, -0.25) is 0 Å². The van der Waals surface area contributed by atoms with Gasteiger partial charge in [-0.2, -0.15) is 0 Å². The van der Waals surface area contributed by atoms with Crippen LogP contribution in [0.1, 0.15) is 6.92 Å². The lowest BCUT2D eigenvalue weighted by Crippen LogP contribution is -2.06. The lowest BCUT2D eigenvalue weighted by Gasteiger charge is -1.91. The van der Waals surface area contributed by atoms with Crippen LogP contribution >= 0.6 is 0 Å². The van der Waals surface area contributed by atoms with E-state index in [1.54, 1.807) is 12.2 Å². The molecule has 0 amide bonds. The van der Waals surface area contributed by atoms with Crippen LogP contribution in [-0.4, -0.2) is 11.9 Å². The molecule has 0 heterocycles. The van der Waals surface area contributed by atoms with E-state index in [-0.39, 0.29) is 0 Å². The van der Waals surface area contributed by atoms with Gasteiger partial charge in [0.05, 0.1) is 0 Å². The van der Waals surface area contributed by atoms with Crippen LogP contribution in [0.3, 0.4) is 0 Å². The van der Waals surface area contributed by atoms with Gasteiger partial charge in [0.2, 0.25) is 0 Å². The fourth-order valence-electron chi connectivity index (χ4n) is 0.420. The summed E-state index contributed by atoms with van der Waals surface area (Å²) in [5.74, 6) is -1.44. The number of hydrogen-bond donors (Lipinski definition) is 0. The van der Waals surface area contributed by atoms with Gasteiger partial charge in [0.25, 0.3) is 0 Å². The van der Waals surface area contributed by atoms with Crippen molar-refractivity contribution < 1.29 is 14.3 Å². The van der Waals surface area contributed by atoms with Gasteiger partial charge in [-0.1, -0.05) is 24.8 Å². The molecule has 0 aromatic carbocycles. The summed E-state index contributed by atoms with van der Waals surface area (Å²) in [6.07, 6.45) is 6.97. The average Bonchev–Trinajstić information content (AvgIpc) is 2.05. The van der Waals surface area contributed by atoms with E-state index < -0.39 is 11.9 Å². The topological polar surface area (TPSA) is 43.4 Å². The van der Waals surface area contributed by atoms with E-state index in [0.29, 0.717) is 0 Å². The number of rotatable bonds is 3. The number of esters is 2. The number of carbonyl (C=O) groups is 2. The van der Waals surface area contributed by atoms with Gasteiger partial charge in [-0.15, -0.1) is 0 Å². The lowest BCUT2D eigenvalue weighted by molar-refractivity contribution is -0.152. The first kappa shape index (κ1) is 10.4. The Kier molecular flexibility index (Phi) is 5.26. The van der Waals surface area contributed by atoms with Crippen LogP contribution in [0.5, 0.6) is 0 Å². The van der Waals surface area contributed by atoms with E-state index in [1.165, 1.54) is 6.08 Å². The van der Waals surface area contributed by atoms with Gasteiger partial charge in [0.15, 0.2) is 0 Å². The van der Waals surface area contributed by atoms with Gasteiger partial charge in [-0.25, -0.2) is 9.59 Å². The monoisotopic (exact) mass is 166 g/mol. The molecule has 3 nitrogen and oxygen atoms in total. The van der Waals surface area contributed by atoms with Crippen molar-refractivity contribution in [1.29, 1.82) is 0 Å². The Hall–Kier alpha value is -1.64. The van der Waals surface area contributed by atoms with Crippen LogP contribution in [-0.2, 0) is 14.3 Å². The second-order valence-corrected chi connectivity index (χ2v) is 1.83. The molecular formula is C9H10O3. The predicted molar refractivity (Wildman–Crippen MR) is 45.3 cm³/mol. The highest BCUT2D eigenvalue weighted by atomic mass is 16.6. The summed E-state index contributed by atoms with van der Waals surface area (Å²) in [6.45, 7) is 4.96. The molecule has 0 bridgehead atoms. The third kappa shape index (κ3) is 5.17. The van der Waals surface area contributed by atoms with E-state index >= 15 is 0 Å². The maximum atomic E-state index is 10.7. The van der Waals surface area contributed by atoms with E-state index in [2.05, 4.69) is 11.3 Å². The molecule has 64 valence electrons. The number of carbonyl (C=O) groups excluding carboxylic acids is 2. The molecule has 0 saturated carbocycles. The van der Waals surface area contributed by atoms with Gasteiger partial charge in [0.1, 0.15) is 0 Å². The van der Waals surface area contributed by atoms with Crippen LogP contribution in [0.4, 0.5) is 0 Å². The molecule has 0 unspecified atom stereocenters. The Morgan fingerprint density at radius 1 is 1.25 bits per heavy atom. The van der Waals surface area contributed by atoms with Gasteiger partial charge in [-0.05, 0) is 6.92 Å². The molecule has 0 fully saturated rings. The highest BCUT2D eigenvalue weighted by Crippen LogP contribution is 1.85. The van der Waals surface area contributed by atoms with Crippen LogP contribution in [0, 0.1) is 0 Å². The fraction of sp³-hybridized carbons (Fsp3) is 0.111. The van der Waals surface area contributed by atoms with Crippen molar-refractivity contribution in [1.82, 2.24) is 0 Å². The molecule has 0 aliphatic carbocycles. The molecule has 0 aliphatic heterocycles. The smallest absolute Gasteiger partial charge is 0.338 e. The second kappa shape index (κ2) is 6.09. The first-order chi connectivity index (χ1) is 5.70. The average molecular weight is 166 g/mol. The first-order valence-electron chi connectivity index (χ1n) is 3.38. The second-order valence-electron chi connectivity index (χ2n) is 1.83. The summed E-state index contributed by atoms with van der Waals surface area (Å²) in [5, 5.41) is 0. The SMILES string of the molecule is C=CC(=O)OC(=O)C=CC=CC. The molecule has 0 radical (unpaired) electrons. The Labute approximate surface area is 71.0 Å². The zero-order chi connectivity index (χ0) is 9.40. The molecule has 0 atom stereocenters. The third-order valence-electron chi connectivity index (χ3n) is 0.904. The highest BCUT2D eigenvalue weighted by Gasteiger charge is 2.00. The molecule has 12 heavy (non-hydrogen) atoms. The van der Waals surface area contributed by atoms with Crippen LogP contribution in [0.2, 0.25) is 0 Å². The minimum atomic E-state index is -0.745. The quantitative estimate of drug-likeness (QED) is 0.275. The van der Waals surface area contributed by atoms with Crippen LogP contribution in [0.25, 0.3) is 0 Å². The summed E-state index contributed by atoms with van der Waals surface area (Å²) < 4.78 is 4.23. The Bertz CT molecular complexity index is 236. The maximum Gasteiger partial charge on any atom is 0.338 e. The van der Waals surface area contributed by atoms with E-state index in [9.17, 15) is 9.59 Å². The van der Waals surface area contributed by atoms with Crippen LogP contribution < -0.4 is 0 Å². The van der Waals surface area contributed by atoms with Gasteiger partial charge in [0, 0.05) is 12.2 Å². The van der Waals surface area contributed by atoms with E-state index in [4.69, 9.17) is 0 Å². The lowest BCUT2D eigenvalue weighted by atomic mass is 10.4. The molecule has 3 heteroatoms. The maximum absolute atomic E-state index is 10.7. The first-order valence-corrected chi connectivity index (χ1v) is 3.38. The number of ether oxygens (including phenoxy) is 1. The largest absolute Gasteiger partial charge is 0.387 e. The molecule has 0 N–H and O–H groups in total. The third-order valence-corrected chi connectivity index (χ3v) is 0.904. The highest BCUT2D eigenvalue weighted by molar-refractivity contribution is 5.96. The summed E-state index contributed by atoms with van der Waals surface area (Å²) in [5.41, 5.74) is 0. The standard InChI is InChI=1S/C9H10O3/c1-3-5-6-7-9(11)12-8(10)4-2/h3-7H,2H2,1H3. The normalized spacial score (nSPS) is 10.4. The van der Waals surface area contributed by atoms with Crippen molar-refractivity contribution in [2.45, 2.75) is 6.92 Å². The molecular weight excluding hydrogens is 156 g/mol. The fourth-order valence-corrected chi connectivity index (χ4v) is 0.420. The summed E-state index contributed by atoms with van der Waals surface area (Å²) in [7, 11) is 0. The minimum absolute atomic E-state index is 0.696. The summed E-state index contributed by atoms with van der Waals surface area (Å²) in [6, 6.07) is 0. The van der Waals surface area contributed by atoms with E-state index in [0.717, 1.165) is 12.2 Å². The van der Waals surface area contributed by atoms with Crippen molar-refractivity contribution in [2.24, 2.45) is 0 Å². The van der Waals surface area contributed by atoms with Gasteiger partial charge < -0.3 is 4.74 Å². The predicted octanol–water partition coefficient (Wildman–Crippen LogP) is 1.37. The van der Waals surface area contributed by atoms with Crippen molar-refractivity contribution in [3.63, 3.8) is 0 Å². The molecule has 0 rings (SSSR count). The Balaban J connectivity index is 3.89. The van der Waals surface area contributed by atoms with Gasteiger partial charge >= 0.3 is 11.9 Å².